The lowest BCUT2D eigenvalue weighted by Gasteiger charge is -2.13. The van der Waals surface area contributed by atoms with Crippen molar-refractivity contribution in [2.45, 2.75) is 0 Å². The zero-order chi connectivity index (χ0) is 35.6. The minimum absolute atomic E-state index is 0.645. The number of hydrogen-bond donors (Lipinski definition) is 0. The Bertz CT molecular complexity index is 3190. The Hall–Kier alpha value is -7.23. The van der Waals surface area contributed by atoms with Crippen LogP contribution in [0.4, 0.5) is 0 Å². The normalized spacial score (nSPS) is 11.7. The molecule has 0 atom stereocenters. The molecule has 1 aromatic heterocycles. The van der Waals surface area contributed by atoms with Crippen LogP contribution in [-0.2, 0) is 0 Å². The van der Waals surface area contributed by atoms with Gasteiger partial charge in [0.05, 0.1) is 0 Å². The first-order valence-corrected chi connectivity index (χ1v) is 18.3. The van der Waals surface area contributed by atoms with Gasteiger partial charge in [0.25, 0.3) is 0 Å². The van der Waals surface area contributed by atoms with Gasteiger partial charge in [0, 0.05) is 16.7 Å². The first-order chi connectivity index (χ1) is 26.7. The van der Waals surface area contributed by atoms with Crippen LogP contribution < -0.4 is 0 Å². The van der Waals surface area contributed by atoms with Crippen molar-refractivity contribution in [3.63, 3.8) is 0 Å². The van der Waals surface area contributed by atoms with Gasteiger partial charge in [-0.25, -0.2) is 15.0 Å². The number of benzene rings is 10. The Morgan fingerprint density at radius 3 is 1.17 bits per heavy atom. The topological polar surface area (TPSA) is 38.7 Å². The summed E-state index contributed by atoms with van der Waals surface area (Å²) in [5.41, 5.74) is 5.26. The SMILES string of the molecule is c1ccc2cc(-c3nc(-c4ccc5ccccc5c4)nc(-c4ccc5ccc(-c6cc7cc8ccccc8cc7c7ccccc67)cc5c4)n3)ccc2c1. The highest BCUT2D eigenvalue weighted by molar-refractivity contribution is 6.17. The van der Waals surface area contributed by atoms with E-state index >= 15 is 0 Å². The first kappa shape index (κ1) is 30.4. The van der Waals surface area contributed by atoms with Crippen LogP contribution >= 0.6 is 0 Å². The Labute approximate surface area is 311 Å². The van der Waals surface area contributed by atoms with Crippen LogP contribution in [0.15, 0.2) is 188 Å². The summed E-state index contributed by atoms with van der Waals surface area (Å²) in [6.45, 7) is 0. The molecule has 250 valence electrons. The average molecular weight is 686 g/mol. The summed E-state index contributed by atoms with van der Waals surface area (Å²) in [5, 5.41) is 14.5. The van der Waals surface area contributed by atoms with Crippen molar-refractivity contribution in [3.05, 3.63) is 188 Å². The molecule has 0 amide bonds. The van der Waals surface area contributed by atoms with Crippen LogP contribution in [0, 0.1) is 0 Å². The van der Waals surface area contributed by atoms with E-state index in [-0.39, 0.29) is 0 Å². The van der Waals surface area contributed by atoms with Crippen molar-refractivity contribution in [1.29, 1.82) is 0 Å². The van der Waals surface area contributed by atoms with Gasteiger partial charge in [-0.05, 0) is 118 Å². The Morgan fingerprint density at radius 2 is 0.611 bits per heavy atom. The maximum Gasteiger partial charge on any atom is 0.164 e. The van der Waals surface area contributed by atoms with Crippen LogP contribution in [0.2, 0.25) is 0 Å². The third-order valence-corrected chi connectivity index (χ3v) is 10.8. The molecule has 10 aromatic carbocycles. The van der Waals surface area contributed by atoms with E-state index in [2.05, 4.69) is 188 Å². The van der Waals surface area contributed by atoms with Gasteiger partial charge in [0.1, 0.15) is 0 Å². The zero-order valence-electron chi connectivity index (χ0n) is 29.2. The van der Waals surface area contributed by atoms with E-state index in [4.69, 9.17) is 15.0 Å². The minimum atomic E-state index is 0.645. The molecule has 0 unspecified atom stereocenters. The molecule has 0 saturated heterocycles. The number of hydrogen-bond acceptors (Lipinski definition) is 3. The van der Waals surface area contributed by atoms with Crippen LogP contribution in [0.1, 0.15) is 0 Å². The molecule has 0 spiro atoms. The summed E-state index contributed by atoms with van der Waals surface area (Å²) in [6.07, 6.45) is 0. The van der Waals surface area contributed by atoms with E-state index in [9.17, 15) is 0 Å². The predicted molar refractivity (Wildman–Crippen MR) is 227 cm³/mol. The molecule has 3 heteroatoms. The summed E-state index contributed by atoms with van der Waals surface area (Å²) in [4.78, 5) is 15.3. The van der Waals surface area contributed by atoms with Crippen LogP contribution in [0.3, 0.4) is 0 Å². The Kier molecular flexibility index (Phi) is 6.86. The molecule has 0 aliphatic rings. The molecule has 54 heavy (non-hydrogen) atoms. The maximum absolute atomic E-state index is 5.13. The quantitative estimate of drug-likeness (QED) is 0.137. The lowest BCUT2D eigenvalue weighted by atomic mass is 9.91. The van der Waals surface area contributed by atoms with Crippen LogP contribution in [0.5, 0.6) is 0 Å². The lowest BCUT2D eigenvalue weighted by Crippen LogP contribution is -2.00. The van der Waals surface area contributed by atoms with Crippen LogP contribution in [0.25, 0.3) is 110 Å². The van der Waals surface area contributed by atoms with E-state index in [0.717, 1.165) is 38.2 Å². The van der Waals surface area contributed by atoms with Crippen LogP contribution in [-0.4, -0.2) is 15.0 Å². The summed E-state index contributed by atoms with van der Waals surface area (Å²) >= 11 is 0. The number of nitrogens with zero attached hydrogens (tertiary/aromatic N) is 3. The summed E-state index contributed by atoms with van der Waals surface area (Å²) in [6, 6.07) is 67.3. The van der Waals surface area contributed by atoms with Gasteiger partial charge in [-0.15, -0.1) is 0 Å². The van der Waals surface area contributed by atoms with Crippen molar-refractivity contribution < 1.29 is 0 Å². The molecule has 0 N–H and O–H groups in total. The van der Waals surface area contributed by atoms with Gasteiger partial charge in [-0.3, -0.25) is 0 Å². The summed E-state index contributed by atoms with van der Waals surface area (Å²) < 4.78 is 0. The van der Waals surface area contributed by atoms with E-state index < -0.39 is 0 Å². The molecule has 3 nitrogen and oxygen atoms in total. The average Bonchev–Trinajstić information content (AvgIpc) is 3.24. The minimum Gasteiger partial charge on any atom is -0.208 e. The van der Waals surface area contributed by atoms with Crippen molar-refractivity contribution in [1.82, 2.24) is 15.0 Å². The van der Waals surface area contributed by atoms with Gasteiger partial charge in [0.2, 0.25) is 0 Å². The van der Waals surface area contributed by atoms with Crippen molar-refractivity contribution in [3.8, 4) is 45.3 Å². The second kappa shape index (κ2) is 12.2. The molecule has 11 rings (SSSR count). The Balaban J connectivity index is 1.08. The fourth-order valence-corrected chi connectivity index (χ4v) is 8.01. The molecule has 1 heterocycles. The molecule has 0 bridgehead atoms. The standard InChI is InChI=1S/C51H31N3/c1-3-11-35-25-40(22-18-32(35)9-1)49-52-50(41-23-19-33-10-2-4-12-36(33)26-41)54-51(53-49)42-24-20-34-17-21-39(28-43(34)29-42)47-31-44-27-37-13-5-6-14-38(37)30-48(44)46-16-8-7-15-45(46)47/h1-31H. The second-order valence-corrected chi connectivity index (χ2v) is 14.1. The van der Waals surface area contributed by atoms with Gasteiger partial charge >= 0.3 is 0 Å². The zero-order valence-corrected chi connectivity index (χ0v) is 29.2. The fourth-order valence-electron chi connectivity index (χ4n) is 8.01. The fraction of sp³-hybridized carbons (Fsp3) is 0. The third-order valence-electron chi connectivity index (χ3n) is 10.8. The highest BCUT2D eigenvalue weighted by Gasteiger charge is 2.15. The molecule has 0 aliphatic carbocycles. The van der Waals surface area contributed by atoms with E-state index in [0.29, 0.717) is 17.5 Å². The van der Waals surface area contributed by atoms with Crippen molar-refractivity contribution >= 4 is 64.6 Å². The van der Waals surface area contributed by atoms with Gasteiger partial charge in [-0.1, -0.05) is 146 Å². The molecule has 0 aliphatic heterocycles. The number of aromatic nitrogens is 3. The van der Waals surface area contributed by atoms with E-state index in [1.165, 1.54) is 54.2 Å². The summed E-state index contributed by atoms with van der Waals surface area (Å²) in [7, 11) is 0. The van der Waals surface area contributed by atoms with Crippen molar-refractivity contribution in [2.24, 2.45) is 0 Å². The van der Waals surface area contributed by atoms with Gasteiger partial charge in [-0.2, -0.15) is 0 Å². The summed E-state index contributed by atoms with van der Waals surface area (Å²) in [5.74, 6) is 1.95. The molecule has 0 fully saturated rings. The highest BCUT2D eigenvalue weighted by Crippen LogP contribution is 2.38. The smallest absolute Gasteiger partial charge is 0.164 e. The number of rotatable bonds is 4. The van der Waals surface area contributed by atoms with Gasteiger partial charge in [0.15, 0.2) is 17.5 Å². The maximum atomic E-state index is 5.13. The Morgan fingerprint density at radius 1 is 0.222 bits per heavy atom. The number of fused-ring (bicyclic) bond motifs is 7. The molecule has 0 radical (unpaired) electrons. The molecular formula is C51H31N3. The second-order valence-electron chi connectivity index (χ2n) is 14.1. The molecular weight excluding hydrogens is 655 g/mol. The third kappa shape index (κ3) is 5.17. The van der Waals surface area contributed by atoms with E-state index in [1.807, 2.05) is 0 Å². The van der Waals surface area contributed by atoms with E-state index in [1.54, 1.807) is 0 Å². The predicted octanol–water partition coefficient (Wildman–Crippen LogP) is 13.5. The highest BCUT2D eigenvalue weighted by atomic mass is 15.0. The van der Waals surface area contributed by atoms with Crippen molar-refractivity contribution in [2.75, 3.05) is 0 Å². The monoisotopic (exact) mass is 685 g/mol. The largest absolute Gasteiger partial charge is 0.208 e. The molecule has 0 saturated carbocycles. The van der Waals surface area contributed by atoms with Gasteiger partial charge < -0.3 is 0 Å². The first-order valence-electron chi connectivity index (χ1n) is 18.3. The molecule has 11 aromatic rings. The lowest BCUT2D eigenvalue weighted by molar-refractivity contribution is 1.08.